The number of rotatable bonds is 1. The van der Waals surface area contributed by atoms with Crippen LogP contribution in [0.15, 0.2) is 12.4 Å². The molecule has 0 aromatic carbocycles. The number of nitrogens with one attached hydrogen (secondary N) is 1. The van der Waals surface area contributed by atoms with Gasteiger partial charge < -0.3 is 21.6 Å². The fourth-order valence-electron chi connectivity index (χ4n) is 0.400. The zero-order chi connectivity index (χ0) is 9.56. The average molecular weight is 172 g/mol. The Morgan fingerprint density at radius 3 is 2.17 bits per heavy atom. The molecule has 0 bridgehead atoms. The topological polar surface area (TPSA) is 135 Å². The Bertz CT molecular complexity index is 252. The number of carboxylic acid groups (broad SMARTS) is 1. The molecule has 0 fully saturated rings. The summed E-state index contributed by atoms with van der Waals surface area (Å²) in [6, 6.07) is 0. The van der Waals surface area contributed by atoms with E-state index in [2.05, 4.69) is 15.7 Å². The highest BCUT2D eigenvalue weighted by Crippen LogP contribution is 1.82. The number of primary amides is 2. The largest absolute Gasteiger partial charge is 0.465 e. The number of hydrogen-bond donors (Lipinski definition) is 4. The second-order valence-electron chi connectivity index (χ2n) is 1.64. The highest BCUT2D eigenvalue weighted by atomic mass is 16.4. The molecule has 1 aromatic rings. The predicted octanol–water partition coefficient (Wildman–Crippen LogP) is -0.868. The molecule has 7 heteroatoms. The first-order valence-electron chi connectivity index (χ1n) is 2.81. The summed E-state index contributed by atoms with van der Waals surface area (Å²) in [7, 11) is 0. The second-order valence-corrected chi connectivity index (χ2v) is 1.64. The van der Waals surface area contributed by atoms with E-state index >= 15 is 0 Å². The van der Waals surface area contributed by atoms with E-state index in [1.54, 1.807) is 6.20 Å². The van der Waals surface area contributed by atoms with Crippen molar-refractivity contribution in [2.24, 2.45) is 11.5 Å². The molecule has 6 N–H and O–H groups in total. The Morgan fingerprint density at radius 2 is 2.00 bits per heavy atom. The van der Waals surface area contributed by atoms with Gasteiger partial charge in [0, 0.05) is 12.4 Å². The minimum Gasteiger partial charge on any atom is -0.465 e. The van der Waals surface area contributed by atoms with Gasteiger partial charge in [0.2, 0.25) is 0 Å². The lowest BCUT2D eigenvalue weighted by Gasteiger charge is -1.80. The van der Waals surface area contributed by atoms with Crippen LogP contribution in [0.25, 0.3) is 0 Å². The summed E-state index contributed by atoms with van der Waals surface area (Å²) in [5.74, 6) is -0.333. The lowest BCUT2D eigenvalue weighted by atomic mass is 10.6. The zero-order valence-corrected chi connectivity index (χ0v) is 6.02. The molecular weight excluding hydrogens is 164 g/mol. The van der Waals surface area contributed by atoms with Crippen molar-refractivity contribution < 1.29 is 14.7 Å². The van der Waals surface area contributed by atoms with Gasteiger partial charge in [0.05, 0.1) is 0 Å². The van der Waals surface area contributed by atoms with E-state index in [0.717, 1.165) is 0 Å². The molecule has 66 valence electrons. The molecule has 1 heterocycles. The molecule has 2 amide bonds. The first kappa shape index (κ1) is 9.95. The molecule has 0 spiro atoms. The predicted molar refractivity (Wildman–Crippen MR) is 39.3 cm³/mol. The lowest BCUT2D eigenvalue weighted by molar-refractivity contribution is 0.0991. The van der Waals surface area contributed by atoms with E-state index in [1.807, 2.05) is 0 Å². The van der Waals surface area contributed by atoms with Crippen LogP contribution in [0.5, 0.6) is 0 Å². The highest BCUT2D eigenvalue weighted by Gasteiger charge is 1.97. The summed E-state index contributed by atoms with van der Waals surface area (Å²) >= 11 is 0. The zero-order valence-electron chi connectivity index (χ0n) is 6.02. The van der Waals surface area contributed by atoms with E-state index in [1.165, 1.54) is 6.20 Å². The molecule has 0 aliphatic rings. The number of H-pyrrole nitrogens is 1. The summed E-state index contributed by atoms with van der Waals surface area (Å²) < 4.78 is 0. The minimum absolute atomic E-state index is 0.199. The molecule has 0 unspecified atom stereocenters. The van der Waals surface area contributed by atoms with Crippen molar-refractivity contribution in [2.45, 2.75) is 0 Å². The van der Waals surface area contributed by atoms with Crippen molar-refractivity contribution in [1.29, 1.82) is 0 Å². The van der Waals surface area contributed by atoms with Gasteiger partial charge in [0.15, 0.2) is 5.82 Å². The van der Waals surface area contributed by atoms with Crippen molar-refractivity contribution in [3.8, 4) is 0 Å². The highest BCUT2D eigenvalue weighted by molar-refractivity contribution is 5.88. The average Bonchev–Trinajstić information content (AvgIpc) is 2.34. The maximum atomic E-state index is 10.2. The molecule has 0 saturated heterocycles. The van der Waals surface area contributed by atoms with Crippen molar-refractivity contribution >= 4 is 12.0 Å². The van der Waals surface area contributed by atoms with Gasteiger partial charge in [-0.1, -0.05) is 0 Å². The third-order valence-corrected chi connectivity index (χ3v) is 0.732. The Kier molecular flexibility index (Phi) is 3.91. The number of nitrogens with two attached hydrogens (primary N) is 2. The smallest absolute Gasteiger partial charge is 0.402 e. The number of carbonyl (C=O) groups excluding carboxylic acids is 1. The quantitative estimate of drug-likeness (QED) is 0.437. The van der Waals surface area contributed by atoms with Crippen LogP contribution in [0.2, 0.25) is 0 Å². The van der Waals surface area contributed by atoms with Crippen LogP contribution in [0.1, 0.15) is 10.6 Å². The number of imidazole rings is 1. The monoisotopic (exact) mass is 172 g/mol. The standard InChI is InChI=1S/C4H5N3O.CH3NO2/c5-3(8)4-6-1-2-7-4;2-1(3)4/h1-2H,(H2,5,8)(H,6,7);2H2,(H,3,4). The number of aromatic amines is 1. The maximum Gasteiger partial charge on any atom is 0.402 e. The number of nitrogens with zero attached hydrogens (tertiary/aromatic N) is 1. The van der Waals surface area contributed by atoms with Crippen LogP contribution in [0.4, 0.5) is 4.79 Å². The van der Waals surface area contributed by atoms with Crippen molar-refractivity contribution in [1.82, 2.24) is 9.97 Å². The van der Waals surface area contributed by atoms with Crippen LogP contribution >= 0.6 is 0 Å². The Hall–Kier alpha value is -2.05. The van der Waals surface area contributed by atoms with Gasteiger partial charge in [-0.15, -0.1) is 0 Å². The van der Waals surface area contributed by atoms with Crippen LogP contribution in [0.3, 0.4) is 0 Å². The number of aromatic nitrogens is 2. The molecule has 1 rings (SSSR count). The van der Waals surface area contributed by atoms with Gasteiger partial charge in [-0.2, -0.15) is 0 Å². The number of hydrogen-bond acceptors (Lipinski definition) is 3. The fourth-order valence-corrected chi connectivity index (χ4v) is 0.400. The van der Waals surface area contributed by atoms with Crippen molar-refractivity contribution in [2.75, 3.05) is 0 Å². The molecule has 0 saturated carbocycles. The van der Waals surface area contributed by atoms with Crippen LogP contribution in [-0.2, 0) is 0 Å². The van der Waals surface area contributed by atoms with E-state index in [-0.39, 0.29) is 5.82 Å². The van der Waals surface area contributed by atoms with E-state index in [4.69, 9.17) is 15.6 Å². The van der Waals surface area contributed by atoms with Crippen molar-refractivity contribution in [3.05, 3.63) is 18.2 Å². The van der Waals surface area contributed by atoms with Gasteiger partial charge in [0.1, 0.15) is 0 Å². The summed E-state index contributed by atoms with van der Waals surface area (Å²) in [5, 5.41) is 7.19. The Balaban J connectivity index is 0.000000261. The summed E-state index contributed by atoms with van der Waals surface area (Å²) in [6.07, 6.45) is 1.68. The minimum atomic E-state index is -1.33. The molecule has 0 atom stereocenters. The molecule has 7 nitrogen and oxygen atoms in total. The molecule has 12 heavy (non-hydrogen) atoms. The van der Waals surface area contributed by atoms with Crippen LogP contribution in [0, 0.1) is 0 Å². The first-order valence-corrected chi connectivity index (χ1v) is 2.81. The molecule has 0 aliphatic heterocycles. The third kappa shape index (κ3) is 4.79. The Morgan fingerprint density at radius 1 is 1.50 bits per heavy atom. The van der Waals surface area contributed by atoms with Gasteiger partial charge in [0.25, 0.3) is 5.91 Å². The van der Waals surface area contributed by atoms with E-state index in [9.17, 15) is 4.79 Å². The van der Waals surface area contributed by atoms with E-state index < -0.39 is 12.0 Å². The number of carbonyl (C=O) groups is 2. The number of amides is 2. The molecule has 1 aromatic heterocycles. The summed E-state index contributed by atoms with van der Waals surface area (Å²) in [5.41, 5.74) is 8.85. The second kappa shape index (κ2) is 4.72. The third-order valence-electron chi connectivity index (χ3n) is 0.732. The summed E-state index contributed by atoms with van der Waals surface area (Å²) in [4.78, 5) is 25.1. The first-order chi connectivity index (χ1) is 5.54. The molecule has 0 aliphatic carbocycles. The van der Waals surface area contributed by atoms with Gasteiger partial charge >= 0.3 is 6.09 Å². The van der Waals surface area contributed by atoms with Crippen LogP contribution < -0.4 is 11.5 Å². The summed E-state index contributed by atoms with van der Waals surface area (Å²) in [6.45, 7) is 0. The Labute approximate surface area is 67.4 Å². The van der Waals surface area contributed by atoms with Crippen LogP contribution in [-0.4, -0.2) is 27.1 Å². The van der Waals surface area contributed by atoms with Gasteiger partial charge in [-0.25, -0.2) is 9.78 Å². The van der Waals surface area contributed by atoms with Gasteiger partial charge in [-0.05, 0) is 0 Å². The SMILES string of the molecule is NC(=O)O.NC(=O)c1ncc[nH]1. The van der Waals surface area contributed by atoms with E-state index in [0.29, 0.717) is 0 Å². The fraction of sp³-hybridized carbons (Fsp3) is 0. The molecular formula is C5H8N4O3. The van der Waals surface area contributed by atoms with Crippen molar-refractivity contribution in [3.63, 3.8) is 0 Å². The maximum absolute atomic E-state index is 10.2. The lowest BCUT2D eigenvalue weighted by Crippen LogP contribution is -2.12. The van der Waals surface area contributed by atoms with Gasteiger partial charge in [-0.3, -0.25) is 4.79 Å². The molecule has 0 radical (unpaired) electrons. The normalized spacial score (nSPS) is 8.00.